The Morgan fingerprint density at radius 2 is 2.12 bits per heavy atom. The first-order valence-corrected chi connectivity index (χ1v) is 5.83. The van der Waals surface area contributed by atoms with Crippen molar-refractivity contribution in [1.29, 1.82) is 0 Å². The lowest BCUT2D eigenvalue weighted by Gasteiger charge is -2.10. The number of guanidine groups is 1. The summed E-state index contributed by atoms with van der Waals surface area (Å²) in [6.45, 7) is 3.76. The minimum atomic E-state index is 0. The molecule has 1 aromatic carbocycles. The average Bonchev–Trinajstić information content (AvgIpc) is 2.28. The molecular weight excluding hydrogens is 349 g/mol. The molecule has 17 heavy (non-hydrogen) atoms. The maximum absolute atomic E-state index is 5.91. The highest BCUT2D eigenvalue weighted by molar-refractivity contribution is 14.0. The Balaban J connectivity index is 0.00000256. The van der Waals surface area contributed by atoms with E-state index in [1.807, 2.05) is 25.1 Å². The first kappa shape index (κ1) is 16.5. The van der Waals surface area contributed by atoms with E-state index in [0.29, 0.717) is 0 Å². The Morgan fingerprint density at radius 3 is 2.71 bits per heavy atom. The third kappa shape index (κ3) is 6.73. The number of aliphatic imine (C=N–C) groups is 1. The zero-order valence-electron chi connectivity index (χ0n) is 10.2. The van der Waals surface area contributed by atoms with Crippen molar-refractivity contribution in [3.05, 3.63) is 34.9 Å². The molecule has 3 nitrogen and oxygen atoms in total. The predicted octanol–water partition coefficient (Wildman–Crippen LogP) is 2.69. The first-order valence-electron chi connectivity index (χ1n) is 5.45. The van der Waals surface area contributed by atoms with Gasteiger partial charge in [0.2, 0.25) is 0 Å². The zero-order valence-corrected chi connectivity index (χ0v) is 13.3. The summed E-state index contributed by atoms with van der Waals surface area (Å²) >= 11 is 5.91. The van der Waals surface area contributed by atoms with Crippen LogP contribution in [0.4, 0.5) is 0 Å². The van der Waals surface area contributed by atoms with Crippen LogP contribution < -0.4 is 10.6 Å². The van der Waals surface area contributed by atoms with E-state index in [1.165, 1.54) is 5.56 Å². The van der Waals surface area contributed by atoms with Crippen LogP contribution in [0.15, 0.2) is 29.3 Å². The van der Waals surface area contributed by atoms with Crippen LogP contribution >= 0.6 is 35.6 Å². The second kappa shape index (κ2) is 9.53. The van der Waals surface area contributed by atoms with Gasteiger partial charge in [0.05, 0.1) is 0 Å². The molecule has 0 atom stereocenters. The molecule has 1 aromatic rings. The van der Waals surface area contributed by atoms with E-state index in [1.54, 1.807) is 7.05 Å². The molecule has 0 saturated heterocycles. The third-order valence-electron chi connectivity index (χ3n) is 2.16. The quantitative estimate of drug-likeness (QED) is 0.488. The Bertz CT molecular complexity index is 355. The fraction of sp³-hybridized carbons (Fsp3) is 0.417. The Kier molecular flexibility index (Phi) is 9.26. The summed E-state index contributed by atoms with van der Waals surface area (Å²) < 4.78 is 0. The van der Waals surface area contributed by atoms with E-state index in [2.05, 4.69) is 21.7 Å². The highest BCUT2D eigenvalue weighted by atomic mass is 127. The molecule has 0 unspecified atom stereocenters. The summed E-state index contributed by atoms with van der Waals surface area (Å²) in [4.78, 5) is 4.09. The van der Waals surface area contributed by atoms with Gasteiger partial charge in [0, 0.05) is 25.2 Å². The van der Waals surface area contributed by atoms with Crippen LogP contribution in [0, 0.1) is 0 Å². The van der Waals surface area contributed by atoms with Gasteiger partial charge in [0.1, 0.15) is 0 Å². The largest absolute Gasteiger partial charge is 0.357 e. The summed E-state index contributed by atoms with van der Waals surface area (Å²) in [6.07, 6.45) is 0.935. The normalized spacial score (nSPS) is 10.6. The number of halogens is 2. The van der Waals surface area contributed by atoms with Crippen molar-refractivity contribution in [3.63, 3.8) is 0 Å². The van der Waals surface area contributed by atoms with E-state index in [0.717, 1.165) is 30.5 Å². The van der Waals surface area contributed by atoms with Crippen LogP contribution in [0.5, 0.6) is 0 Å². The first-order chi connectivity index (χ1) is 7.76. The average molecular weight is 368 g/mol. The van der Waals surface area contributed by atoms with Crippen molar-refractivity contribution in [2.24, 2.45) is 4.99 Å². The van der Waals surface area contributed by atoms with Gasteiger partial charge in [-0.1, -0.05) is 23.7 Å². The summed E-state index contributed by atoms with van der Waals surface area (Å²) in [5, 5.41) is 7.16. The summed E-state index contributed by atoms with van der Waals surface area (Å²) in [5.74, 6) is 0.838. The van der Waals surface area contributed by atoms with E-state index in [4.69, 9.17) is 11.6 Å². The maximum Gasteiger partial charge on any atom is 0.190 e. The topological polar surface area (TPSA) is 36.4 Å². The molecule has 0 radical (unpaired) electrons. The van der Waals surface area contributed by atoms with Crippen LogP contribution in [0.1, 0.15) is 12.5 Å². The van der Waals surface area contributed by atoms with Gasteiger partial charge in [-0.15, -0.1) is 24.0 Å². The third-order valence-corrected chi connectivity index (χ3v) is 2.40. The Morgan fingerprint density at radius 1 is 1.35 bits per heavy atom. The molecule has 1 rings (SSSR count). The summed E-state index contributed by atoms with van der Waals surface area (Å²) in [5.41, 5.74) is 1.23. The highest BCUT2D eigenvalue weighted by Gasteiger charge is 1.96. The molecule has 0 amide bonds. The number of benzene rings is 1. The van der Waals surface area contributed by atoms with Crippen molar-refractivity contribution in [2.45, 2.75) is 13.3 Å². The van der Waals surface area contributed by atoms with Crippen LogP contribution in [-0.2, 0) is 6.42 Å². The lowest BCUT2D eigenvalue weighted by atomic mass is 10.1. The van der Waals surface area contributed by atoms with E-state index >= 15 is 0 Å². The standard InChI is InChI=1S/C12H18ClN3.HI/c1-3-15-12(14-2)16-8-7-10-5-4-6-11(13)9-10;/h4-6,9H,3,7-8H2,1-2H3,(H2,14,15,16);1H. The molecule has 0 fully saturated rings. The molecule has 5 heteroatoms. The number of nitrogens with one attached hydrogen (secondary N) is 2. The minimum absolute atomic E-state index is 0. The van der Waals surface area contributed by atoms with Crippen molar-refractivity contribution < 1.29 is 0 Å². The van der Waals surface area contributed by atoms with Crippen LogP contribution in [0.2, 0.25) is 5.02 Å². The van der Waals surface area contributed by atoms with Gasteiger partial charge in [-0.05, 0) is 31.0 Å². The van der Waals surface area contributed by atoms with Gasteiger partial charge in [-0.25, -0.2) is 0 Å². The second-order valence-electron chi connectivity index (χ2n) is 3.41. The van der Waals surface area contributed by atoms with E-state index in [-0.39, 0.29) is 24.0 Å². The van der Waals surface area contributed by atoms with Gasteiger partial charge in [0.25, 0.3) is 0 Å². The lowest BCUT2D eigenvalue weighted by molar-refractivity contribution is 0.810. The summed E-state index contributed by atoms with van der Waals surface area (Å²) in [6, 6.07) is 7.91. The van der Waals surface area contributed by atoms with Crippen LogP contribution in [0.3, 0.4) is 0 Å². The van der Waals surface area contributed by atoms with Gasteiger partial charge < -0.3 is 10.6 Å². The number of hydrogen-bond acceptors (Lipinski definition) is 1. The van der Waals surface area contributed by atoms with Crippen molar-refractivity contribution in [1.82, 2.24) is 10.6 Å². The van der Waals surface area contributed by atoms with Gasteiger partial charge in [-0.3, -0.25) is 4.99 Å². The molecule has 96 valence electrons. The molecule has 0 aliphatic heterocycles. The van der Waals surface area contributed by atoms with E-state index < -0.39 is 0 Å². The molecule has 0 spiro atoms. The van der Waals surface area contributed by atoms with Gasteiger partial charge in [0.15, 0.2) is 5.96 Å². The van der Waals surface area contributed by atoms with Crippen molar-refractivity contribution in [3.8, 4) is 0 Å². The molecule has 0 aromatic heterocycles. The predicted molar refractivity (Wildman–Crippen MR) is 85.6 cm³/mol. The summed E-state index contributed by atoms with van der Waals surface area (Å²) in [7, 11) is 1.77. The SMILES string of the molecule is CCNC(=NC)NCCc1cccc(Cl)c1.I. The van der Waals surface area contributed by atoms with Crippen molar-refractivity contribution >= 4 is 41.5 Å². The molecule has 2 N–H and O–H groups in total. The molecule has 0 saturated carbocycles. The fourth-order valence-electron chi connectivity index (χ4n) is 1.41. The smallest absolute Gasteiger partial charge is 0.190 e. The maximum atomic E-state index is 5.91. The monoisotopic (exact) mass is 367 g/mol. The van der Waals surface area contributed by atoms with Crippen LogP contribution in [0.25, 0.3) is 0 Å². The van der Waals surface area contributed by atoms with E-state index in [9.17, 15) is 0 Å². The molecule has 0 heterocycles. The van der Waals surface area contributed by atoms with Crippen LogP contribution in [-0.4, -0.2) is 26.1 Å². The molecule has 0 aliphatic carbocycles. The lowest BCUT2D eigenvalue weighted by Crippen LogP contribution is -2.38. The molecule has 0 aliphatic rings. The Labute approximate surface area is 125 Å². The minimum Gasteiger partial charge on any atom is -0.357 e. The Hall–Kier alpha value is -0.490. The molecular formula is C12H19ClIN3. The van der Waals surface area contributed by atoms with Gasteiger partial charge in [-0.2, -0.15) is 0 Å². The number of rotatable bonds is 4. The highest BCUT2D eigenvalue weighted by Crippen LogP contribution is 2.10. The number of hydrogen-bond donors (Lipinski definition) is 2. The number of nitrogens with zero attached hydrogens (tertiary/aromatic N) is 1. The zero-order chi connectivity index (χ0) is 11.8. The van der Waals surface area contributed by atoms with Gasteiger partial charge >= 0.3 is 0 Å². The fourth-order valence-corrected chi connectivity index (χ4v) is 1.62. The second-order valence-corrected chi connectivity index (χ2v) is 3.85. The van der Waals surface area contributed by atoms with Crippen molar-refractivity contribution in [2.75, 3.05) is 20.1 Å². The molecule has 0 bridgehead atoms.